The van der Waals surface area contributed by atoms with E-state index in [0.29, 0.717) is 5.92 Å². The number of allylic oxidation sites excluding steroid dienone is 1. The van der Waals surface area contributed by atoms with Crippen LogP contribution in [0.15, 0.2) is 11.6 Å². The van der Waals surface area contributed by atoms with Crippen molar-refractivity contribution in [2.24, 2.45) is 11.3 Å². The van der Waals surface area contributed by atoms with Gasteiger partial charge in [-0.3, -0.25) is 0 Å². The quantitative estimate of drug-likeness (QED) is 0.527. The Hall–Kier alpha value is -0.300. The molecule has 3 aliphatic rings. The highest BCUT2D eigenvalue weighted by atomic mass is 16.3. The van der Waals surface area contributed by atoms with Crippen molar-refractivity contribution in [2.45, 2.75) is 39.2 Å². The molecule has 1 fully saturated rings. The minimum Gasteiger partial charge on any atom is -0.389 e. The zero-order valence-corrected chi connectivity index (χ0v) is 7.52. The second kappa shape index (κ2) is 1.71. The van der Waals surface area contributed by atoms with Crippen molar-refractivity contribution in [3.8, 4) is 0 Å². The molecular formula is C10H16O. The van der Waals surface area contributed by atoms with Crippen LogP contribution < -0.4 is 0 Å². The Bertz CT molecular complexity index is 227. The summed E-state index contributed by atoms with van der Waals surface area (Å²) < 4.78 is 0. The summed E-state index contributed by atoms with van der Waals surface area (Å²) in [5.41, 5.74) is 1.23. The van der Waals surface area contributed by atoms with Gasteiger partial charge in [-0.05, 0) is 25.7 Å². The third-order valence-corrected chi connectivity index (χ3v) is 3.92. The largest absolute Gasteiger partial charge is 0.389 e. The summed E-state index contributed by atoms with van der Waals surface area (Å²) in [6, 6.07) is 0. The summed E-state index contributed by atoms with van der Waals surface area (Å²) in [5, 5.41) is 10.0. The summed E-state index contributed by atoms with van der Waals surface area (Å²) in [6.07, 6.45) is 4.05. The lowest BCUT2D eigenvalue weighted by Gasteiger charge is -2.62. The highest BCUT2D eigenvalue weighted by molar-refractivity contribution is 5.27. The second-order valence-electron chi connectivity index (χ2n) is 4.66. The predicted molar refractivity (Wildman–Crippen MR) is 45.2 cm³/mol. The summed E-state index contributed by atoms with van der Waals surface area (Å²) in [6.45, 7) is 6.54. The van der Waals surface area contributed by atoms with E-state index in [0.717, 1.165) is 12.8 Å². The second-order valence-corrected chi connectivity index (χ2v) is 4.66. The summed E-state index contributed by atoms with van der Waals surface area (Å²) in [4.78, 5) is 0. The molecule has 1 saturated carbocycles. The molecule has 1 N–H and O–H groups in total. The summed E-state index contributed by atoms with van der Waals surface area (Å²) in [7, 11) is 0. The molecule has 0 spiro atoms. The molecule has 0 aromatic carbocycles. The van der Waals surface area contributed by atoms with E-state index in [1.807, 2.05) is 0 Å². The van der Waals surface area contributed by atoms with Gasteiger partial charge in [0.2, 0.25) is 0 Å². The van der Waals surface area contributed by atoms with Crippen molar-refractivity contribution >= 4 is 0 Å². The van der Waals surface area contributed by atoms with Crippen molar-refractivity contribution < 1.29 is 5.11 Å². The average molecular weight is 152 g/mol. The fourth-order valence-corrected chi connectivity index (χ4v) is 2.60. The average Bonchev–Trinajstić information content (AvgIpc) is 1.94. The molecule has 0 amide bonds. The topological polar surface area (TPSA) is 20.2 Å². The van der Waals surface area contributed by atoms with Crippen molar-refractivity contribution in [1.29, 1.82) is 0 Å². The van der Waals surface area contributed by atoms with Crippen LogP contribution in [0.2, 0.25) is 0 Å². The van der Waals surface area contributed by atoms with Gasteiger partial charge in [0, 0.05) is 5.41 Å². The summed E-state index contributed by atoms with van der Waals surface area (Å²) in [5.74, 6) is 0.640. The van der Waals surface area contributed by atoms with E-state index >= 15 is 0 Å². The molecule has 2 atom stereocenters. The minimum absolute atomic E-state index is 0.131. The lowest BCUT2D eigenvalue weighted by atomic mass is 9.46. The Morgan fingerprint density at radius 3 is 2.55 bits per heavy atom. The predicted octanol–water partition coefficient (Wildman–Crippen LogP) is 2.11. The van der Waals surface area contributed by atoms with Crippen LogP contribution in [0.4, 0.5) is 0 Å². The normalized spacial score (nSPS) is 46.2. The SMILES string of the molecule is CC1=CCC2(O)CC1C2(C)C. The fourth-order valence-electron chi connectivity index (χ4n) is 2.60. The van der Waals surface area contributed by atoms with E-state index in [-0.39, 0.29) is 11.0 Å². The Morgan fingerprint density at radius 2 is 2.18 bits per heavy atom. The molecule has 2 unspecified atom stereocenters. The van der Waals surface area contributed by atoms with E-state index in [2.05, 4.69) is 26.8 Å². The molecule has 1 nitrogen and oxygen atoms in total. The maximum absolute atomic E-state index is 10.0. The highest BCUT2D eigenvalue weighted by Gasteiger charge is 2.60. The zero-order valence-electron chi connectivity index (χ0n) is 7.52. The molecule has 0 aromatic heterocycles. The molecule has 0 aromatic rings. The Morgan fingerprint density at radius 1 is 1.55 bits per heavy atom. The lowest BCUT2D eigenvalue weighted by Crippen LogP contribution is -2.62. The van der Waals surface area contributed by atoms with Crippen LogP contribution in [0.3, 0.4) is 0 Å². The van der Waals surface area contributed by atoms with Gasteiger partial charge in [-0.15, -0.1) is 0 Å². The molecule has 0 heterocycles. The van der Waals surface area contributed by atoms with Crippen LogP contribution in [-0.2, 0) is 0 Å². The Balaban J connectivity index is 2.38. The molecular weight excluding hydrogens is 136 g/mol. The van der Waals surface area contributed by atoms with E-state index in [4.69, 9.17) is 0 Å². The van der Waals surface area contributed by atoms with Gasteiger partial charge in [-0.2, -0.15) is 0 Å². The van der Waals surface area contributed by atoms with Crippen molar-refractivity contribution in [3.05, 3.63) is 11.6 Å². The third kappa shape index (κ3) is 0.652. The molecule has 0 aliphatic heterocycles. The van der Waals surface area contributed by atoms with E-state index in [1.165, 1.54) is 5.57 Å². The van der Waals surface area contributed by atoms with Gasteiger partial charge in [0.25, 0.3) is 0 Å². The van der Waals surface area contributed by atoms with Gasteiger partial charge in [0.05, 0.1) is 5.60 Å². The number of fused-ring (bicyclic) bond motifs is 1. The smallest absolute Gasteiger partial charge is 0.0744 e. The fraction of sp³-hybridized carbons (Fsp3) is 0.800. The minimum atomic E-state index is -0.378. The van der Waals surface area contributed by atoms with Crippen LogP contribution >= 0.6 is 0 Å². The number of rotatable bonds is 0. The molecule has 1 heteroatoms. The van der Waals surface area contributed by atoms with Crippen LogP contribution in [0.5, 0.6) is 0 Å². The number of aliphatic hydroxyl groups is 1. The zero-order chi connectivity index (χ0) is 8.28. The van der Waals surface area contributed by atoms with E-state index < -0.39 is 0 Å². The van der Waals surface area contributed by atoms with Gasteiger partial charge >= 0.3 is 0 Å². The highest BCUT2D eigenvalue weighted by Crippen LogP contribution is 2.61. The third-order valence-electron chi connectivity index (χ3n) is 3.92. The standard InChI is InChI=1S/C10H16O/c1-7-4-5-10(11)6-8(7)9(10,2)3/h4,8,11H,5-6H2,1-3H3. The maximum Gasteiger partial charge on any atom is 0.0744 e. The monoisotopic (exact) mass is 152 g/mol. The van der Waals surface area contributed by atoms with E-state index in [9.17, 15) is 5.11 Å². The first-order valence-corrected chi connectivity index (χ1v) is 4.36. The Labute approximate surface area is 68.1 Å². The van der Waals surface area contributed by atoms with E-state index in [1.54, 1.807) is 0 Å². The van der Waals surface area contributed by atoms with Crippen LogP contribution in [0.1, 0.15) is 33.6 Å². The molecule has 62 valence electrons. The van der Waals surface area contributed by atoms with Crippen LogP contribution in [0.25, 0.3) is 0 Å². The van der Waals surface area contributed by atoms with Crippen molar-refractivity contribution in [1.82, 2.24) is 0 Å². The first-order valence-electron chi connectivity index (χ1n) is 4.36. The molecule has 0 radical (unpaired) electrons. The molecule has 3 aliphatic carbocycles. The number of hydrogen-bond donors (Lipinski definition) is 1. The molecule has 11 heavy (non-hydrogen) atoms. The molecule has 0 saturated heterocycles. The van der Waals surface area contributed by atoms with Gasteiger partial charge in [0.1, 0.15) is 0 Å². The van der Waals surface area contributed by atoms with Crippen molar-refractivity contribution in [2.75, 3.05) is 0 Å². The first-order chi connectivity index (χ1) is 4.97. The Kier molecular flexibility index (Phi) is 1.15. The van der Waals surface area contributed by atoms with Crippen molar-refractivity contribution in [3.63, 3.8) is 0 Å². The van der Waals surface area contributed by atoms with Gasteiger partial charge in [-0.25, -0.2) is 0 Å². The van der Waals surface area contributed by atoms with Crippen LogP contribution in [-0.4, -0.2) is 10.7 Å². The first kappa shape index (κ1) is 7.35. The lowest BCUT2D eigenvalue weighted by molar-refractivity contribution is -0.188. The number of hydrogen-bond acceptors (Lipinski definition) is 1. The molecule has 3 rings (SSSR count). The maximum atomic E-state index is 10.0. The van der Waals surface area contributed by atoms with Crippen LogP contribution in [0, 0.1) is 11.3 Å². The van der Waals surface area contributed by atoms with Gasteiger partial charge < -0.3 is 5.11 Å². The van der Waals surface area contributed by atoms with Gasteiger partial charge in [0.15, 0.2) is 0 Å². The van der Waals surface area contributed by atoms with Gasteiger partial charge in [-0.1, -0.05) is 25.5 Å². The molecule has 2 bridgehead atoms. The summed E-state index contributed by atoms with van der Waals surface area (Å²) >= 11 is 0.